The molecule has 0 fully saturated rings. The van der Waals surface area contributed by atoms with Gasteiger partial charge in [-0.1, -0.05) is 24.6 Å². The molecular weight excluding hydrogens is 380 g/mol. The van der Waals surface area contributed by atoms with Gasteiger partial charge in [-0.25, -0.2) is 4.79 Å². The lowest BCUT2D eigenvalue weighted by Gasteiger charge is -2.12. The third-order valence-corrected chi connectivity index (χ3v) is 4.41. The molecule has 8 heteroatoms. The van der Waals surface area contributed by atoms with E-state index in [2.05, 4.69) is 20.8 Å². The van der Waals surface area contributed by atoms with Gasteiger partial charge >= 0.3 is 6.03 Å². The first-order valence-corrected chi connectivity index (χ1v) is 9.06. The molecule has 28 heavy (non-hydrogen) atoms. The lowest BCUT2D eigenvalue weighted by Crippen LogP contribution is -2.20. The Kier molecular flexibility index (Phi) is 6.06. The zero-order chi connectivity index (χ0) is 20.1. The normalized spacial score (nSPS) is 10.4. The molecule has 0 aliphatic heterocycles. The molecule has 0 atom stereocenters. The number of aromatic amines is 1. The third kappa shape index (κ3) is 4.20. The lowest BCUT2D eigenvalue weighted by atomic mass is 10.1. The molecule has 2 aromatic carbocycles. The van der Waals surface area contributed by atoms with Crippen LogP contribution >= 0.6 is 11.6 Å². The van der Waals surface area contributed by atoms with Crippen LogP contribution in [0.2, 0.25) is 5.02 Å². The Balaban J connectivity index is 1.92. The van der Waals surface area contributed by atoms with Gasteiger partial charge in [-0.3, -0.25) is 5.10 Å². The number of H-pyrrole nitrogens is 1. The topological polar surface area (TPSA) is 88.3 Å². The first-order valence-electron chi connectivity index (χ1n) is 8.69. The highest BCUT2D eigenvalue weighted by Crippen LogP contribution is 2.37. The molecule has 3 aromatic rings. The van der Waals surface area contributed by atoms with Gasteiger partial charge in [0.15, 0.2) is 0 Å². The maximum atomic E-state index is 12.5. The highest BCUT2D eigenvalue weighted by molar-refractivity contribution is 6.30. The molecule has 146 valence electrons. The molecule has 3 N–H and O–H groups in total. The molecule has 2 amide bonds. The number of rotatable bonds is 6. The molecule has 0 radical (unpaired) electrons. The van der Waals surface area contributed by atoms with Crippen LogP contribution < -0.4 is 20.1 Å². The number of aromatic nitrogens is 2. The van der Waals surface area contributed by atoms with Crippen LogP contribution in [0.15, 0.2) is 42.5 Å². The SMILES string of the molecule is CCc1[nH]nc(-c2ccc(OC)cc2OC)c1NC(=O)Nc1cccc(Cl)c1. The van der Waals surface area contributed by atoms with E-state index in [1.165, 1.54) is 0 Å². The van der Waals surface area contributed by atoms with Gasteiger partial charge in [0.25, 0.3) is 0 Å². The van der Waals surface area contributed by atoms with E-state index in [1.807, 2.05) is 19.1 Å². The fraction of sp³-hybridized carbons (Fsp3) is 0.200. The monoisotopic (exact) mass is 400 g/mol. The first-order chi connectivity index (χ1) is 13.5. The van der Waals surface area contributed by atoms with E-state index in [9.17, 15) is 4.79 Å². The number of nitrogens with one attached hydrogen (secondary N) is 3. The second-order valence-electron chi connectivity index (χ2n) is 5.94. The fourth-order valence-electron chi connectivity index (χ4n) is 2.80. The van der Waals surface area contributed by atoms with Crippen molar-refractivity contribution in [2.75, 3.05) is 24.9 Å². The number of halogens is 1. The molecular formula is C20H21ClN4O3. The van der Waals surface area contributed by atoms with Crippen molar-refractivity contribution in [3.63, 3.8) is 0 Å². The number of nitrogens with zero attached hydrogens (tertiary/aromatic N) is 1. The minimum Gasteiger partial charge on any atom is -0.497 e. The Labute approximate surface area is 168 Å². The molecule has 1 aromatic heterocycles. The number of anilines is 2. The summed E-state index contributed by atoms with van der Waals surface area (Å²) in [4.78, 5) is 12.5. The summed E-state index contributed by atoms with van der Waals surface area (Å²) in [6.45, 7) is 1.97. The van der Waals surface area contributed by atoms with E-state index in [1.54, 1.807) is 44.6 Å². The summed E-state index contributed by atoms with van der Waals surface area (Å²) in [6.07, 6.45) is 0.665. The van der Waals surface area contributed by atoms with Crippen LogP contribution in [0, 0.1) is 0 Å². The molecule has 0 saturated heterocycles. The van der Waals surface area contributed by atoms with Gasteiger partial charge in [0.05, 0.1) is 25.6 Å². The van der Waals surface area contributed by atoms with Gasteiger partial charge in [-0.15, -0.1) is 0 Å². The summed E-state index contributed by atoms with van der Waals surface area (Å²) in [6, 6.07) is 12.0. The van der Waals surface area contributed by atoms with Crippen LogP contribution in [0.25, 0.3) is 11.3 Å². The van der Waals surface area contributed by atoms with E-state index < -0.39 is 6.03 Å². The van der Waals surface area contributed by atoms with Gasteiger partial charge in [0, 0.05) is 22.3 Å². The Morgan fingerprint density at radius 1 is 1.14 bits per heavy atom. The highest BCUT2D eigenvalue weighted by Gasteiger charge is 2.20. The third-order valence-electron chi connectivity index (χ3n) is 4.18. The second kappa shape index (κ2) is 8.67. The van der Waals surface area contributed by atoms with Crippen molar-refractivity contribution in [2.45, 2.75) is 13.3 Å². The maximum absolute atomic E-state index is 12.5. The van der Waals surface area contributed by atoms with Crippen LogP contribution in [0.1, 0.15) is 12.6 Å². The lowest BCUT2D eigenvalue weighted by molar-refractivity contribution is 0.262. The number of benzene rings is 2. The number of hydrogen-bond donors (Lipinski definition) is 3. The van der Waals surface area contributed by atoms with E-state index >= 15 is 0 Å². The molecule has 0 unspecified atom stereocenters. The number of ether oxygens (including phenoxy) is 2. The standard InChI is InChI=1S/C20H21ClN4O3/c1-4-16-19(23-20(26)22-13-7-5-6-12(21)10-13)18(25-24-16)15-9-8-14(27-2)11-17(15)28-3/h5-11H,4H2,1-3H3,(H,24,25)(H2,22,23,26). The smallest absolute Gasteiger partial charge is 0.323 e. The Morgan fingerprint density at radius 3 is 2.64 bits per heavy atom. The Morgan fingerprint density at radius 2 is 1.96 bits per heavy atom. The molecule has 0 saturated carbocycles. The van der Waals surface area contributed by atoms with Crippen molar-refractivity contribution in [1.29, 1.82) is 0 Å². The number of carbonyl (C=O) groups excluding carboxylic acids is 1. The molecule has 0 aliphatic carbocycles. The molecule has 3 rings (SSSR count). The largest absolute Gasteiger partial charge is 0.497 e. The summed E-state index contributed by atoms with van der Waals surface area (Å²) in [5, 5.41) is 13.6. The van der Waals surface area contributed by atoms with E-state index in [0.29, 0.717) is 40.0 Å². The summed E-state index contributed by atoms with van der Waals surface area (Å²) in [7, 11) is 3.16. The summed E-state index contributed by atoms with van der Waals surface area (Å²) < 4.78 is 10.7. The van der Waals surface area contributed by atoms with Gasteiger partial charge < -0.3 is 20.1 Å². The number of amides is 2. The predicted molar refractivity (Wildman–Crippen MR) is 111 cm³/mol. The highest BCUT2D eigenvalue weighted by atomic mass is 35.5. The number of hydrogen-bond acceptors (Lipinski definition) is 4. The molecule has 0 bridgehead atoms. The van der Waals surface area contributed by atoms with Crippen LogP contribution in [-0.2, 0) is 6.42 Å². The van der Waals surface area contributed by atoms with Crippen LogP contribution in [0.3, 0.4) is 0 Å². The average molecular weight is 401 g/mol. The van der Waals surface area contributed by atoms with Crippen molar-refractivity contribution in [3.8, 4) is 22.8 Å². The minimum absolute atomic E-state index is 0.396. The van der Waals surface area contributed by atoms with Crippen molar-refractivity contribution >= 4 is 29.0 Å². The molecule has 0 aliphatic rings. The molecule has 7 nitrogen and oxygen atoms in total. The zero-order valence-electron chi connectivity index (χ0n) is 15.8. The van der Waals surface area contributed by atoms with Crippen molar-refractivity contribution in [2.24, 2.45) is 0 Å². The Hall–Kier alpha value is -3.19. The fourth-order valence-corrected chi connectivity index (χ4v) is 2.99. The van der Waals surface area contributed by atoms with E-state index in [-0.39, 0.29) is 0 Å². The number of methoxy groups -OCH3 is 2. The van der Waals surface area contributed by atoms with Crippen molar-refractivity contribution in [3.05, 3.63) is 53.2 Å². The minimum atomic E-state index is -0.396. The van der Waals surface area contributed by atoms with Gasteiger partial charge in [0.1, 0.15) is 17.2 Å². The molecule has 0 spiro atoms. The average Bonchev–Trinajstić information content (AvgIpc) is 3.09. The maximum Gasteiger partial charge on any atom is 0.323 e. The van der Waals surface area contributed by atoms with Crippen LogP contribution in [0.5, 0.6) is 11.5 Å². The molecule has 1 heterocycles. The van der Waals surface area contributed by atoms with Crippen molar-refractivity contribution in [1.82, 2.24) is 10.2 Å². The summed E-state index contributed by atoms with van der Waals surface area (Å²) >= 11 is 5.97. The van der Waals surface area contributed by atoms with Crippen molar-refractivity contribution < 1.29 is 14.3 Å². The predicted octanol–water partition coefficient (Wildman–Crippen LogP) is 4.95. The second-order valence-corrected chi connectivity index (χ2v) is 6.37. The zero-order valence-corrected chi connectivity index (χ0v) is 16.6. The van der Waals surface area contributed by atoms with Gasteiger partial charge in [-0.2, -0.15) is 5.10 Å². The first kappa shape index (κ1) is 19.6. The summed E-state index contributed by atoms with van der Waals surface area (Å²) in [5.74, 6) is 1.26. The van der Waals surface area contributed by atoms with Crippen LogP contribution in [-0.4, -0.2) is 30.4 Å². The number of urea groups is 1. The van der Waals surface area contributed by atoms with E-state index in [0.717, 1.165) is 11.3 Å². The van der Waals surface area contributed by atoms with Gasteiger partial charge in [0.2, 0.25) is 0 Å². The Bertz CT molecular complexity index is 987. The van der Waals surface area contributed by atoms with Gasteiger partial charge in [-0.05, 0) is 36.8 Å². The number of carbonyl (C=O) groups is 1. The van der Waals surface area contributed by atoms with E-state index in [4.69, 9.17) is 21.1 Å². The quantitative estimate of drug-likeness (QED) is 0.546. The summed E-state index contributed by atoms with van der Waals surface area (Å²) in [5.41, 5.74) is 3.30. The van der Waals surface area contributed by atoms with Crippen LogP contribution in [0.4, 0.5) is 16.2 Å². The number of aryl methyl sites for hydroxylation is 1.